The average molecular weight is 369 g/mol. The number of carbonyl (C=O) groups is 1. The summed E-state index contributed by atoms with van der Waals surface area (Å²) in [4.78, 5) is 16.6. The normalized spacial score (nSPS) is 10.4. The van der Waals surface area contributed by atoms with Crippen molar-refractivity contribution >= 4 is 38.7 Å². The van der Waals surface area contributed by atoms with Crippen LogP contribution < -0.4 is 10.1 Å². The van der Waals surface area contributed by atoms with Gasteiger partial charge in [-0.15, -0.1) is 0 Å². The van der Waals surface area contributed by atoms with Crippen molar-refractivity contribution in [2.24, 2.45) is 4.36 Å². The number of nitrogens with one attached hydrogen (secondary N) is 1. The number of amides is 1. The van der Waals surface area contributed by atoms with Crippen LogP contribution in [0.15, 0.2) is 53.0 Å². The van der Waals surface area contributed by atoms with Gasteiger partial charge in [0, 0.05) is 23.3 Å². The summed E-state index contributed by atoms with van der Waals surface area (Å²) in [6.45, 7) is 1.91. The minimum Gasteiger partial charge on any atom is -0.497 e. The second-order valence-electron chi connectivity index (χ2n) is 5.49. The van der Waals surface area contributed by atoms with Crippen LogP contribution in [0.1, 0.15) is 15.9 Å². The maximum atomic E-state index is 12.3. The number of pyridine rings is 1. The van der Waals surface area contributed by atoms with Gasteiger partial charge in [-0.25, -0.2) is 0 Å². The van der Waals surface area contributed by atoms with Crippen LogP contribution in [0.25, 0.3) is 10.9 Å². The minimum absolute atomic E-state index is 0.0649. The topological polar surface area (TPSA) is 97.7 Å². The number of methoxy groups -OCH3 is 1. The van der Waals surface area contributed by atoms with E-state index in [4.69, 9.17) is 4.74 Å². The highest BCUT2D eigenvalue weighted by molar-refractivity contribution is 7.62. The molecule has 2 aromatic carbocycles. The summed E-state index contributed by atoms with van der Waals surface area (Å²) in [6, 6.07) is 12.7. The second kappa shape index (κ2) is 7.32. The van der Waals surface area contributed by atoms with Gasteiger partial charge in [0.2, 0.25) is 0 Å². The molecule has 8 heteroatoms. The third kappa shape index (κ3) is 3.55. The first-order valence-corrected chi connectivity index (χ1v) is 8.67. The van der Waals surface area contributed by atoms with E-state index in [0.29, 0.717) is 28.0 Å². The van der Waals surface area contributed by atoms with Gasteiger partial charge in [-0.2, -0.15) is 8.42 Å². The zero-order chi connectivity index (χ0) is 18.7. The zero-order valence-corrected chi connectivity index (χ0v) is 14.9. The lowest BCUT2D eigenvalue weighted by atomic mass is 10.1. The molecule has 1 aromatic heterocycles. The largest absolute Gasteiger partial charge is 0.497 e. The molecule has 0 aliphatic heterocycles. The molecule has 1 N–H and O–H groups in total. The van der Waals surface area contributed by atoms with Gasteiger partial charge < -0.3 is 10.1 Å². The summed E-state index contributed by atoms with van der Waals surface area (Å²) in [5.74, 6) is -0.248. The monoisotopic (exact) mass is 369 g/mol. The van der Waals surface area contributed by atoms with Gasteiger partial charge in [0.05, 0.1) is 23.9 Å². The molecule has 0 aliphatic carbocycles. The van der Waals surface area contributed by atoms with Crippen molar-refractivity contribution in [3.8, 4) is 5.75 Å². The van der Waals surface area contributed by atoms with Crippen molar-refractivity contribution in [1.82, 2.24) is 4.98 Å². The Morgan fingerprint density at radius 1 is 1.19 bits per heavy atom. The molecule has 1 amide bonds. The molecule has 3 aromatic rings. The molecular formula is C18H15N3O4S. The van der Waals surface area contributed by atoms with Gasteiger partial charge in [-0.05, 0) is 24.6 Å². The first-order chi connectivity index (χ1) is 12.5. The third-order valence-corrected chi connectivity index (χ3v) is 4.14. The van der Waals surface area contributed by atoms with E-state index >= 15 is 0 Å². The van der Waals surface area contributed by atoms with Crippen molar-refractivity contribution in [3.05, 3.63) is 59.8 Å². The van der Waals surface area contributed by atoms with Gasteiger partial charge in [0.25, 0.3) is 5.91 Å². The SMILES string of the molecule is COc1cccc(Nc2c(C(=O)N=S(=O)=O)cnc3c(C)cccc23)c1. The molecule has 0 aliphatic rings. The number of fused-ring (bicyclic) bond motifs is 1. The fourth-order valence-electron chi connectivity index (χ4n) is 2.63. The van der Waals surface area contributed by atoms with Crippen LogP contribution in [0.3, 0.4) is 0 Å². The Kier molecular flexibility index (Phi) is 4.94. The number of aromatic nitrogens is 1. The number of benzene rings is 2. The van der Waals surface area contributed by atoms with E-state index in [-0.39, 0.29) is 5.56 Å². The number of nitrogens with zero attached hydrogens (tertiary/aromatic N) is 2. The molecule has 3 rings (SSSR count). The Labute approximate surface area is 151 Å². The smallest absolute Gasteiger partial charge is 0.319 e. The molecule has 0 fully saturated rings. The molecule has 0 atom stereocenters. The molecule has 0 saturated carbocycles. The van der Waals surface area contributed by atoms with Crippen LogP contribution in [-0.4, -0.2) is 26.4 Å². The van der Waals surface area contributed by atoms with E-state index in [9.17, 15) is 13.2 Å². The Bertz CT molecular complexity index is 1130. The van der Waals surface area contributed by atoms with E-state index < -0.39 is 16.4 Å². The molecular weight excluding hydrogens is 354 g/mol. The lowest BCUT2D eigenvalue weighted by molar-refractivity contribution is 0.101. The first kappa shape index (κ1) is 17.6. The lowest BCUT2D eigenvalue weighted by Gasteiger charge is -2.14. The van der Waals surface area contributed by atoms with Crippen molar-refractivity contribution in [2.45, 2.75) is 6.92 Å². The molecule has 0 radical (unpaired) electrons. The summed E-state index contributed by atoms with van der Waals surface area (Å²) in [5, 5.41) is 3.86. The van der Waals surface area contributed by atoms with E-state index in [1.54, 1.807) is 25.3 Å². The molecule has 0 bridgehead atoms. The molecule has 0 saturated heterocycles. The van der Waals surface area contributed by atoms with Crippen molar-refractivity contribution in [1.29, 1.82) is 0 Å². The third-order valence-electron chi connectivity index (χ3n) is 3.83. The van der Waals surface area contributed by atoms with E-state index in [0.717, 1.165) is 5.56 Å². The van der Waals surface area contributed by atoms with Crippen LogP contribution in [0, 0.1) is 6.92 Å². The Balaban J connectivity index is 2.23. The van der Waals surface area contributed by atoms with Crippen LogP contribution in [0.2, 0.25) is 0 Å². The number of carbonyl (C=O) groups excluding carboxylic acids is 1. The molecule has 1 heterocycles. The molecule has 7 nitrogen and oxygen atoms in total. The Morgan fingerprint density at radius 3 is 2.69 bits per heavy atom. The van der Waals surface area contributed by atoms with Crippen molar-refractivity contribution < 1.29 is 17.9 Å². The lowest BCUT2D eigenvalue weighted by Crippen LogP contribution is -2.04. The van der Waals surface area contributed by atoms with Gasteiger partial charge in [0.1, 0.15) is 5.75 Å². The van der Waals surface area contributed by atoms with Crippen molar-refractivity contribution in [3.63, 3.8) is 0 Å². The fraction of sp³-hybridized carbons (Fsp3) is 0.111. The molecule has 26 heavy (non-hydrogen) atoms. The fourth-order valence-corrected chi connectivity index (χ4v) is 2.86. The number of hydrogen-bond acceptors (Lipinski definition) is 6. The van der Waals surface area contributed by atoms with Gasteiger partial charge in [0.15, 0.2) is 0 Å². The minimum atomic E-state index is -2.84. The number of anilines is 2. The van der Waals surface area contributed by atoms with Crippen LogP contribution >= 0.6 is 0 Å². The van der Waals surface area contributed by atoms with E-state index in [1.165, 1.54) is 6.20 Å². The highest BCUT2D eigenvalue weighted by Crippen LogP contribution is 2.32. The maximum Gasteiger partial charge on any atom is 0.319 e. The summed E-state index contributed by atoms with van der Waals surface area (Å²) in [5.41, 5.74) is 2.81. The predicted octanol–water partition coefficient (Wildman–Crippen LogP) is 3.50. The maximum absolute atomic E-state index is 12.3. The number of aryl methyl sites for hydroxylation is 1. The van der Waals surface area contributed by atoms with E-state index in [1.807, 2.05) is 31.2 Å². The zero-order valence-electron chi connectivity index (χ0n) is 14.1. The Hall–Kier alpha value is -3.26. The van der Waals surface area contributed by atoms with Crippen LogP contribution in [-0.2, 0) is 10.5 Å². The summed E-state index contributed by atoms with van der Waals surface area (Å²) < 4.78 is 29.9. The second-order valence-corrected chi connectivity index (χ2v) is 6.11. The quantitative estimate of drug-likeness (QED) is 0.756. The summed E-state index contributed by atoms with van der Waals surface area (Å²) in [6.07, 6.45) is 1.33. The first-order valence-electron chi connectivity index (χ1n) is 7.64. The number of para-hydroxylation sites is 1. The summed E-state index contributed by atoms with van der Waals surface area (Å²) in [7, 11) is -1.29. The van der Waals surface area contributed by atoms with Crippen molar-refractivity contribution in [2.75, 3.05) is 12.4 Å². The number of ether oxygens (including phenoxy) is 1. The average Bonchev–Trinajstić information content (AvgIpc) is 2.62. The molecule has 0 spiro atoms. The van der Waals surface area contributed by atoms with Gasteiger partial charge in [-0.1, -0.05) is 28.6 Å². The number of hydrogen-bond donors (Lipinski definition) is 1. The Morgan fingerprint density at radius 2 is 1.96 bits per heavy atom. The standard InChI is InChI=1S/C18H15N3O4S/c1-11-5-3-8-14-16(11)19-10-15(18(22)21-26(23)24)17(14)20-12-6-4-7-13(9-12)25-2/h3-10H,1-2H3,(H,19,20). The predicted molar refractivity (Wildman–Crippen MR) is 98.4 cm³/mol. The van der Waals surface area contributed by atoms with Gasteiger partial charge in [-0.3, -0.25) is 9.78 Å². The summed E-state index contributed by atoms with van der Waals surface area (Å²) >= 11 is 0. The highest BCUT2D eigenvalue weighted by Gasteiger charge is 2.17. The number of rotatable bonds is 4. The van der Waals surface area contributed by atoms with Gasteiger partial charge >= 0.3 is 10.5 Å². The van der Waals surface area contributed by atoms with E-state index in [2.05, 4.69) is 14.7 Å². The van der Waals surface area contributed by atoms with Crippen LogP contribution in [0.5, 0.6) is 5.75 Å². The molecule has 132 valence electrons. The highest BCUT2D eigenvalue weighted by atomic mass is 32.2. The molecule has 0 unspecified atom stereocenters. The van der Waals surface area contributed by atoms with Crippen LogP contribution in [0.4, 0.5) is 11.4 Å².